The molecular weight excluding hydrogens is 266 g/mol. The summed E-state index contributed by atoms with van der Waals surface area (Å²) in [7, 11) is 1.79. The molecule has 0 N–H and O–H groups in total. The van der Waals surface area contributed by atoms with Crippen LogP contribution in [0.2, 0.25) is 0 Å². The van der Waals surface area contributed by atoms with E-state index < -0.39 is 0 Å². The highest BCUT2D eigenvalue weighted by Gasteiger charge is 2.10. The molecule has 112 valence electrons. The second-order valence-electron chi connectivity index (χ2n) is 5.03. The molecule has 4 nitrogen and oxygen atoms in total. The van der Waals surface area contributed by atoms with Gasteiger partial charge in [0.25, 0.3) is 0 Å². The molecule has 0 aliphatic rings. The van der Waals surface area contributed by atoms with E-state index in [-0.39, 0.29) is 5.91 Å². The third kappa shape index (κ3) is 4.99. The summed E-state index contributed by atoms with van der Waals surface area (Å²) in [5.41, 5.74) is 0. The van der Waals surface area contributed by atoms with Crippen molar-refractivity contribution < 1.29 is 13.9 Å². The van der Waals surface area contributed by atoms with E-state index in [2.05, 4.69) is 0 Å². The smallest absolute Gasteiger partial charge is 0.222 e. The zero-order chi connectivity index (χ0) is 15.1. The van der Waals surface area contributed by atoms with Gasteiger partial charge in [0.05, 0.1) is 13.2 Å². The third-order valence-electron chi connectivity index (χ3n) is 3.16. The third-order valence-corrected chi connectivity index (χ3v) is 3.16. The maximum Gasteiger partial charge on any atom is 0.222 e. The molecular formula is C17H21NO3. The van der Waals surface area contributed by atoms with Crippen molar-refractivity contribution in [3.63, 3.8) is 0 Å². The molecule has 1 aromatic heterocycles. The topological polar surface area (TPSA) is 42.7 Å². The number of amides is 1. The van der Waals surface area contributed by atoms with E-state index in [0.717, 1.165) is 17.3 Å². The number of nitrogens with zero attached hydrogens (tertiary/aromatic N) is 1. The van der Waals surface area contributed by atoms with E-state index >= 15 is 0 Å². The Labute approximate surface area is 125 Å². The van der Waals surface area contributed by atoms with Gasteiger partial charge in [0.2, 0.25) is 5.91 Å². The predicted molar refractivity (Wildman–Crippen MR) is 81.1 cm³/mol. The van der Waals surface area contributed by atoms with Gasteiger partial charge in [0.1, 0.15) is 17.3 Å². The van der Waals surface area contributed by atoms with Gasteiger partial charge in [-0.2, -0.15) is 0 Å². The molecule has 0 radical (unpaired) electrons. The summed E-state index contributed by atoms with van der Waals surface area (Å²) in [4.78, 5) is 13.7. The predicted octanol–water partition coefficient (Wildman–Crippen LogP) is 3.41. The molecule has 0 aliphatic carbocycles. The summed E-state index contributed by atoms with van der Waals surface area (Å²) in [6.45, 7) is 2.95. The number of rotatable bonds is 7. The van der Waals surface area contributed by atoms with Crippen LogP contribution in [0.15, 0.2) is 46.9 Å². The van der Waals surface area contributed by atoms with Crippen molar-refractivity contribution in [3.8, 4) is 5.75 Å². The van der Waals surface area contributed by atoms with Crippen molar-refractivity contribution in [2.24, 2.45) is 0 Å². The second-order valence-corrected chi connectivity index (χ2v) is 5.03. The van der Waals surface area contributed by atoms with E-state index in [1.165, 1.54) is 0 Å². The Morgan fingerprint density at radius 1 is 1.19 bits per heavy atom. The van der Waals surface area contributed by atoms with Crippen LogP contribution in [-0.2, 0) is 11.3 Å². The van der Waals surface area contributed by atoms with Crippen LogP contribution in [0.25, 0.3) is 0 Å². The number of carbonyl (C=O) groups excluding carboxylic acids is 1. The summed E-state index contributed by atoms with van der Waals surface area (Å²) in [6.07, 6.45) is 1.18. The molecule has 0 unspecified atom stereocenters. The fourth-order valence-corrected chi connectivity index (χ4v) is 2.01. The molecule has 0 saturated heterocycles. The average molecular weight is 287 g/mol. The van der Waals surface area contributed by atoms with Crippen LogP contribution in [0, 0.1) is 6.92 Å². The van der Waals surface area contributed by atoms with E-state index in [4.69, 9.17) is 9.15 Å². The molecule has 21 heavy (non-hydrogen) atoms. The molecule has 0 bridgehead atoms. The van der Waals surface area contributed by atoms with Crippen LogP contribution in [0.1, 0.15) is 24.4 Å². The van der Waals surface area contributed by atoms with Crippen LogP contribution in [-0.4, -0.2) is 24.5 Å². The van der Waals surface area contributed by atoms with E-state index in [1.54, 1.807) is 11.9 Å². The molecule has 0 saturated carbocycles. The molecule has 1 aromatic carbocycles. The zero-order valence-corrected chi connectivity index (χ0v) is 12.5. The van der Waals surface area contributed by atoms with Gasteiger partial charge in [-0.15, -0.1) is 0 Å². The fraction of sp³-hybridized carbons (Fsp3) is 0.353. The van der Waals surface area contributed by atoms with E-state index in [0.29, 0.717) is 26.0 Å². The molecule has 2 aromatic rings. The van der Waals surface area contributed by atoms with Crippen molar-refractivity contribution in [2.75, 3.05) is 13.7 Å². The van der Waals surface area contributed by atoms with E-state index in [1.807, 2.05) is 49.4 Å². The minimum Gasteiger partial charge on any atom is -0.494 e. The summed E-state index contributed by atoms with van der Waals surface area (Å²) >= 11 is 0. The lowest BCUT2D eigenvalue weighted by molar-refractivity contribution is -0.130. The maximum atomic E-state index is 12.0. The summed E-state index contributed by atoms with van der Waals surface area (Å²) in [5, 5.41) is 0. The van der Waals surface area contributed by atoms with Crippen LogP contribution in [0.5, 0.6) is 5.75 Å². The number of hydrogen-bond donors (Lipinski definition) is 0. The maximum absolute atomic E-state index is 12.0. The number of benzene rings is 1. The fourth-order valence-electron chi connectivity index (χ4n) is 2.01. The van der Waals surface area contributed by atoms with E-state index in [9.17, 15) is 4.79 Å². The van der Waals surface area contributed by atoms with Gasteiger partial charge in [-0.3, -0.25) is 4.79 Å². The van der Waals surface area contributed by atoms with Gasteiger partial charge < -0.3 is 14.1 Å². The first-order valence-corrected chi connectivity index (χ1v) is 7.12. The number of ether oxygens (including phenoxy) is 1. The minimum absolute atomic E-state index is 0.0979. The highest BCUT2D eigenvalue weighted by atomic mass is 16.5. The summed E-state index contributed by atoms with van der Waals surface area (Å²) < 4.78 is 11.0. The highest BCUT2D eigenvalue weighted by molar-refractivity contribution is 5.75. The van der Waals surface area contributed by atoms with Gasteiger partial charge in [-0.25, -0.2) is 0 Å². The Balaban J connectivity index is 1.67. The van der Waals surface area contributed by atoms with Gasteiger partial charge in [0, 0.05) is 13.5 Å². The first kappa shape index (κ1) is 15.2. The average Bonchev–Trinajstić information content (AvgIpc) is 2.89. The Kier molecular flexibility index (Phi) is 5.43. The number of aryl methyl sites for hydroxylation is 1. The van der Waals surface area contributed by atoms with Gasteiger partial charge in [0.15, 0.2) is 0 Å². The van der Waals surface area contributed by atoms with Crippen molar-refractivity contribution in [1.29, 1.82) is 0 Å². The second kappa shape index (κ2) is 7.53. The lowest BCUT2D eigenvalue weighted by Crippen LogP contribution is -2.26. The highest BCUT2D eigenvalue weighted by Crippen LogP contribution is 2.11. The Hall–Kier alpha value is -2.23. The quantitative estimate of drug-likeness (QED) is 0.733. The first-order chi connectivity index (χ1) is 10.1. The van der Waals surface area contributed by atoms with Gasteiger partial charge in [-0.1, -0.05) is 18.2 Å². The molecule has 2 rings (SSSR count). The van der Waals surface area contributed by atoms with Gasteiger partial charge in [-0.05, 0) is 37.6 Å². The Bertz CT molecular complexity index is 562. The molecule has 4 heteroatoms. The van der Waals surface area contributed by atoms with Crippen molar-refractivity contribution in [3.05, 3.63) is 54.0 Å². The summed E-state index contributed by atoms with van der Waals surface area (Å²) in [5.74, 6) is 2.61. The van der Waals surface area contributed by atoms with Crippen molar-refractivity contribution in [1.82, 2.24) is 4.90 Å². The zero-order valence-electron chi connectivity index (χ0n) is 12.5. The standard InChI is InChI=1S/C17H21NO3/c1-14-10-11-16(21-14)13-18(2)17(19)9-6-12-20-15-7-4-3-5-8-15/h3-5,7-8,10-11H,6,9,12-13H2,1-2H3. The number of carbonyl (C=O) groups is 1. The molecule has 0 spiro atoms. The monoisotopic (exact) mass is 287 g/mol. The Morgan fingerprint density at radius 2 is 1.95 bits per heavy atom. The molecule has 0 atom stereocenters. The van der Waals surface area contributed by atoms with Crippen LogP contribution < -0.4 is 4.74 Å². The molecule has 0 fully saturated rings. The van der Waals surface area contributed by atoms with Crippen molar-refractivity contribution >= 4 is 5.91 Å². The Morgan fingerprint density at radius 3 is 2.62 bits per heavy atom. The lowest BCUT2D eigenvalue weighted by Gasteiger charge is -2.15. The largest absolute Gasteiger partial charge is 0.494 e. The van der Waals surface area contributed by atoms with Crippen LogP contribution in [0.3, 0.4) is 0 Å². The summed E-state index contributed by atoms with van der Waals surface area (Å²) in [6, 6.07) is 13.4. The number of furan rings is 1. The number of para-hydroxylation sites is 1. The first-order valence-electron chi connectivity index (χ1n) is 7.12. The molecule has 1 heterocycles. The molecule has 1 amide bonds. The minimum atomic E-state index is 0.0979. The SMILES string of the molecule is Cc1ccc(CN(C)C(=O)CCCOc2ccccc2)o1. The van der Waals surface area contributed by atoms with Gasteiger partial charge >= 0.3 is 0 Å². The van der Waals surface area contributed by atoms with Crippen molar-refractivity contribution in [2.45, 2.75) is 26.3 Å². The normalized spacial score (nSPS) is 10.4. The number of hydrogen-bond acceptors (Lipinski definition) is 3. The van der Waals surface area contributed by atoms with Crippen LogP contribution >= 0.6 is 0 Å². The van der Waals surface area contributed by atoms with Crippen LogP contribution in [0.4, 0.5) is 0 Å². The lowest BCUT2D eigenvalue weighted by atomic mass is 10.3. The molecule has 0 aliphatic heterocycles.